The number of H-pyrrole nitrogens is 1. The van der Waals surface area contributed by atoms with Gasteiger partial charge in [-0.05, 0) is 17.7 Å². The molecule has 16 heavy (non-hydrogen) atoms. The van der Waals surface area contributed by atoms with Crippen LogP contribution in [0.2, 0.25) is 0 Å². The number of carbonyl (C=O) groups is 1. The number of aromatic amines is 1. The molecule has 1 heterocycles. The van der Waals surface area contributed by atoms with Gasteiger partial charge in [-0.1, -0.05) is 6.07 Å². The summed E-state index contributed by atoms with van der Waals surface area (Å²) in [7, 11) is 1.68. The van der Waals surface area contributed by atoms with Gasteiger partial charge in [0.1, 0.15) is 0 Å². The molecule has 0 saturated heterocycles. The average Bonchev–Trinajstić information content (AvgIpc) is 2.57. The maximum absolute atomic E-state index is 11.0. The summed E-state index contributed by atoms with van der Waals surface area (Å²) in [6.45, 7) is 0.453. The number of hydrogen-bond acceptors (Lipinski definition) is 3. The third-order valence-electron chi connectivity index (χ3n) is 2.21. The van der Waals surface area contributed by atoms with Gasteiger partial charge in [-0.2, -0.15) is 0 Å². The van der Waals surface area contributed by atoms with Crippen LogP contribution in [0.25, 0.3) is 11.1 Å². The summed E-state index contributed by atoms with van der Waals surface area (Å²) in [4.78, 5) is 25.8. The quantitative estimate of drug-likeness (QED) is 0.678. The molecule has 1 N–H and O–H groups in total. The molecule has 2 rings (SSSR count). The largest absolute Gasteiger partial charge is 0.417 e. The van der Waals surface area contributed by atoms with Crippen LogP contribution in [0.3, 0.4) is 0 Å². The Hall–Kier alpha value is -1.56. The smallest absolute Gasteiger partial charge is 0.408 e. The summed E-state index contributed by atoms with van der Waals surface area (Å²) < 4.78 is 4.92. The number of fused-ring (bicyclic) bond motifs is 1. The molecule has 0 atom stereocenters. The molecule has 1 aromatic carbocycles. The highest BCUT2D eigenvalue weighted by molar-refractivity contribution is 9.18. The molecule has 2 aromatic rings. The molecule has 0 aliphatic carbocycles. The maximum Gasteiger partial charge on any atom is 0.417 e. The first-order chi connectivity index (χ1) is 7.56. The molecule has 0 unspecified atom stereocenters. The van der Waals surface area contributed by atoms with Crippen LogP contribution >= 0.6 is 15.9 Å². The Bertz CT molecular complexity index is 587. The number of oxazole rings is 1. The number of hydrogen-bond donors (Lipinski definition) is 1. The molecule has 6 heteroatoms. The lowest BCUT2D eigenvalue weighted by Gasteiger charge is -2.12. The highest BCUT2D eigenvalue weighted by Crippen LogP contribution is 2.14. The summed E-state index contributed by atoms with van der Waals surface area (Å²) in [5.41, 5.74) is 2.05. The third-order valence-corrected chi connectivity index (χ3v) is 2.81. The van der Waals surface area contributed by atoms with Gasteiger partial charge in [-0.3, -0.25) is 9.78 Å². The normalized spacial score (nSPS) is 10.6. The lowest BCUT2D eigenvalue weighted by molar-refractivity contribution is 0.233. The van der Waals surface area contributed by atoms with Gasteiger partial charge in [0.2, 0.25) is 0 Å². The number of amides is 1. The molecule has 1 amide bonds. The zero-order valence-corrected chi connectivity index (χ0v) is 10.1. The highest BCUT2D eigenvalue weighted by atomic mass is 79.9. The zero-order valence-electron chi connectivity index (χ0n) is 8.49. The van der Waals surface area contributed by atoms with Crippen molar-refractivity contribution in [3.63, 3.8) is 0 Å². The van der Waals surface area contributed by atoms with Crippen molar-refractivity contribution in [2.75, 3.05) is 7.05 Å². The predicted molar refractivity (Wildman–Crippen MR) is 62.6 cm³/mol. The van der Waals surface area contributed by atoms with E-state index < -0.39 is 5.76 Å². The summed E-state index contributed by atoms with van der Waals surface area (Å²) >= 11 is 2.86. The highest BCUT2D eigenvalue weighted by Gasteiger charge is 2.07. The fraction of sp³-hybridized carbons (Fsp3) is 0.200. The van der Waals surface area contributed by atoms with Gasteiger partial charge in [0.25, 0.3) is 4.82 Å². The molecule has 0 radical (unpaired) electrons. The molecule has 0 bridgehead atoms. The maximum atomic E-state index is 11.0. The van der Waals surface area contributed by atoms with Crippen molar-refractivity contribution in [1.29, 1.82) is 0 Å². The average molecular weight is 285 g/mol. The molecule has 0 fully saturated rings. The zero-order chi connectivity index (χ0) is 11.7. The number of nitrogens with zero attached hydrogens (tertiary/aromatic N) is 1. The monoisotopic (exact) mass is 284 g/mol. The van der Waals surface area contributed by atoms with Gasteiger partial charge in [0.05, 0.1) is 5.52 Å². The fourth-order valence-corrected chi connectivity index (χ4v) is 1.55. The Morgan fingerprint density at radius 1 is 1.56 bits per heavy atom. The molecular weight excluding hydrogens is 276 g/mol. The summed E-state index contributed by atoms with van der Waals surface area (Å²) in [5.74, 6) is -0.475. The lowest BCUT2D eigenvalue weighted by atomic mass is 10.2. The van der Waals surface area contributed by atoms with Gasteiger partial charge < -0.3 is 9.32 Å². The van der Waals surface area contributed by atoms with Crippen LogP contribution in [0.5, 0.6) is 0 Å². The van der Waals surface area contributed by atoms with E-state index in [-0.39, 0.29) is 4.82 Å². The van der Waals surface area contributed by atoms with Gasteiger partial charge in [-0.25, -0.2) is 4.79 Å². The minimum Gasteiger partial charge on any atom is -0.408 e. The fourth-order valence-electron chi connectivity index (χ4n) is 1.42. The second-order valence-electron chi connectivity index (χ2n) is 3.45. The van der Waals surface area contributed by atoms with Crippen LogP contribution in [-0.4, -0.2) is 21.7 Å². The summed E-state index contributed by atoms with van der Waals surface area (Å²) in [6, 6.07) is 5.32. The van der Waals surface area contributed by atoms with Crippen LogP contribution in [0.1, 0.15) is 5.56 Å². The van der Waals surface area contributed by atoms with Crippen molar-refractivity contribution >= 4 is 31.8 Å². The van der Waals surface area contributed by atoms with Crippen molar-refractivity contribution < 1.29 is 9.21 Å². The minimum absolute atomic E-state index is 0.192. The van der Waals surface area contributed by atoms with Crippen molar-refractivity contribution in [2.24, 2.45) is 0 Å². The van der Waals surface area contributed by atoms with Gasteiger partial charge in [-0.15, -0.1) is 0 Å². The third kappa shape index (κ3) is 2.16. The Balaban J connectivity index is 2.32. The van der Waals surface area contributed by atoms with E-state index in [0.29, 0.717) is 17.6 Å². The topological polar surface area (TPSA) is 66.3 Å². The molecule has 0 aliphatic heterocycles. The van der Waals surface area contributed by atoms with Crippen LogP contribution in [-0.2, 0) is 6.54 Å². The first kappa shape index (κ1) is 10.9. The SMILES string of the molecule is CN(Cc1ccc2[nH]c(=O)oc2c1)C(=O)Br. The van der Waals surface area contributed by atoms with Crippen LogP contribution in [0, 0.1) is 0 Å². The van der Waals surface area contributed by atoms with E-state index in [1.54, 1.807) is 19.2 Å². The molecule has 0 aliphatic rings. The van der Waals surface area contributed by atoms with Gasteiger partial charge in [0, 0.05) is 29.5 Å². The van der Waals surface area contributed by atoms with E-state index in [4.69, 9.17) is 4.42 Å². The molecule has 0 saturated carbocycles. The first-order valence-electron chi connectivity index (χ1n) is 4.58. The minimum atomic E-state index is -0.475. The Kier molecular flexibility index (Phi) is 2.82. The van der Waals surface area contributed by atoms with Crippen molar-refractivity contribution in [2.45, 2.75) is 6.54 Å². The van der Waals surface area contributed by atoms with E-state index in [0.717, 1.165) is 5.56 Å². The molecule has 0 spiro atoms. The van der Waals surface area contributed by atoms with Crippen LogP contribution < -0.4 is 5.76 Å². The molecule has 1 aromatic heterocycles. The number of nitrogens with one attached hydrogen (secondary N) is 1. The first-order valence-corrected chi connectivity index (χ1v) is 5.38. The summed E-state index contributed by atoms with van der Waals surface area (Å²) in [6.07, 6.45) is 0. The second-order valence-corrected chi connectivity index (χ2v) is 4.13. The number of rotatable bonds is 2. The van der Waals surface area contributed by atoms with E-state index in [2.05, 4.69) is 20.9 Å². The lowest BCUT2D eigenvalue weighted by Crippen LogP contribution is -2.19. The van der Waals surface area contributed by atoms with Gasteiger partial charge >= 0.3 is 5.76 Å². The standard InChI is InChI=1S/C10H9BrN2O3/c1-13(9(11)14)5-6-2-3-7-8(4-6)16-10(15)12-7/h2-4H,5H2,1H3,(H,12,15). The van der Waals surface area contributed by atoms with E-state index >= 15 is 0 Å². The van der Waals surface area contributed by atoms with Crippen LogP contribution in [0.4, 0.5) is 4.79 Å². The molecule has 84 valence electrons. The van der Waals surface area contributed by atoms with E-state index in [1.807, 2.05) is 6.07 Å². The van der Waals surface area contributed by atoms with Crippen LogP contribution in [0.15, 0.2) is 27.4 Å². The Morgan fingerprint density at radius 2 is 2.31 bits per heavy atom. The number of carbonyl (C=O) groups excluding carboxylic acids is 1. The number of benzene rings is 1. The predicted octanol–water partition coefficient (Wildman–Crippen LogP) is 2.07. The van der Waals surface area contributed by atoms with Crippen molar-refractivity contribution in [3.05, 3.63) is 34.3 Å². The second kappa shape index (κ2) is 4.13. The molecular formula is C10H9BrN2O3. The van der Waals surface area contributed by atoms with E-state index in [1.165, 1.54) is 4.90 Å². The van der Waals surface area contributed by atoms with Crippen molar-refractivity contribution in [1.82, 2.24) is 9.88 Å². The Labute approximate surface area is 99.2 Å². The number of aromatic nitrogens is 1. The number of halogens is 1. The van der Waals surface area contributed by atoms with Crippen molar-refractivity contribution in [3.8, 4) is 0 Å². The Morgan fingerprint density at radius 3 is 3.00 bits per heavy atom. The molecule has 5 nitrogen and oxygen atoms in total. The van der Waals surface area contributed by atoms with E-state index in [9.17, 15) is 9.59 Å². The van der Waals surface area contributed by atoms with Gasteiger partial charge in [0.15, 0.2) is 5.58 Å². The summed E-state index contributed by atoms with van der Waals surface area (Å²) in [5, 5.41) is 0.